The van der Waals surface area contributed by atoms with Crippen LogP contribution in [-0.4, -0.2) is 29.3 Å². The Balaban J connectivity index is 1.59. The first-order valence-electron chi connectivity index (χ1n) is 12.5. The number of nitrogens with zero attached hydrogens (tertiary/aromatic N) is 1. The number of alkyl halides is 3. The number of carbonyl (C=O) groups excluding carboxylic acids is 1. The van der Waals surface area contributed by atoms with Crippen molar-refractivity contribution in [1.82, 2.24) is 0 Å². The lowest BCUT2D eigenvalue weighted by molar-refractivity contribution is -0.137. The fourth-order valence-electron chi connectivity index (χ4n) is 3.97. The largest absolute Gasteiger partial charge is 0.416 e. The standard InChI is InChI=1S/C29H25ClF3N3O5S2/c1-19-8-10-23(16-20(19)2)35-42(38,39)24-13-11-22(12-14-24)34-28(37)18-36(43(40,41)25-6-4-3-5-7-25)27-17-21(29(31,32)33)9-15-26(27)30/h3-17,35H,18H2,1-2H3,(H,34,37). The van der Waals surface area contributed by atoms with Gasteiger partial charge < -0.3 is 5.32 Å². The molecule has 0 aliphatic rings. The van der Waals surface area contributed by atoms with Crippen molar-refractivity contribution >= 4 is 54.6 Å². The zero-order valence-corrected chi connectivity index (χ0v) is 25.1. The minimum Gasteiger partial charge on any atom is -0.325 e. The predicted octanol–water partition coefficient (Wildman–Crippen LogP) is 6.61. The molecular weight excluding hydrogens is 627 g/mol. The maximum atomic E-state index is 13.5. The van der Waals surface area contributed by atoms with Gasteiger partial charge in [0.25, 0.3) is 20.0 Å². The first kappa shape index (κ1) is 31.9. The van der Waals surface area contributed by atoms with E-state index in [2.05, 4.69) is 10.0 Å². The van der Waals surface area contributed by atoms with E-state index in [4.69, 9.17) is 11.6 Å². The highest BCUT2D eigenvalue weighted by Gasteiger charge is 2.34. The van der Waals surface area contributed by atoms with Gasteiger partial charge in [-0.05, 0) is 91.7 Å². The molecule has 4 aromatic carbocycles. The second kappa shape index (κ2) is 12.3. The smallest absolute Gasteiger partial charge is 0.325 e. The quantitative estimate of drug-likeness (QED) is 0.212. The molecule has 4 rings (SSSR count). The van der Waals surface area contributed by atoms with Crippen molar-refractivity contribution in [2.24, 2.45) is 0 Å². The van der Waals surface area contributed by atoms with E-state index in [9.17, 15) is 34.8 Å². The molecule has 14 heteroatoms. The third kappa shape index (κ3) is 7.48. The molecule has 0 aromatic heterocycles. The first-order valence-corrected chi connectivity index (χ1v) is 15.8. The molecule has 0 saturated carbocycles. The third-order valence-electron chi connectivity index (χ3n) is 6.37. The number of aryl methyl sites for hydroxylation is 2. The van der Waals surface area contributed by atoms with Gasteiger partial charge in [-0.1, -0.05) is 35.9 Å². The summed E-state index contributed by atoms with van der Waals surface area (Å²) in [6, 6.07) is 19.1. The van der Waals surface area contributed by atoms with Crippen molar-refractivity contribution in [3.63, 3.8) is 0 Å². The highest BCUT2D eigenvalue weighted by molar-refractivity contribution is 7.93. The Bertz CT molecular complexity index is 1870. The number of rotatable bonds is 9. The van der Waals surface area contributed by atoms with Gasteiger partial charge in [0.1, 0.15) is 6.54 Å². The van der Waals surface area contributed by atoms with Crippen molar-refractivity contribution in [2.45, 2.75) is 29.8 Å². The fraction of sp³-hybridized carbons (Fsp3) is 0.138. The molecule has 0 radical (unpaired) electrons. The van der Waals surface area contributed by atoms with E-state index in [0.717, 1.165) is 17.2 Å². The summed E-state index contributed by atoms with van der Waals surface area (Å²) in [5.41, 5.74) is 0.665. The Kier molecular flexibility index (Phi) is 9.09. The van der Waals surface area contributed by atoms with Crippen LogP contribution in [0, 0.1) is 13.8 Å². The van der Waals surface area contributed by atoms with Crippen LogP contribution in [0.1, 0.15) is 16.7 Å². The maximum Gasteiger partial charge on any atom is 0.416 e. The lowest BCUT2D eigenvalue weighted by Gasteiger charge is -2.26. The molecule has 2 N–H and O–H groups in total. The average molecular weight is 652 g/mol. The highest BCUT2D eigenvalue weighted by atomic mass is 35.5. The fourth-order valence-corrected chi connectivity index (χ4v) is 6.74. The highest BCUT2D eigenvalue weighted by Crippen LogP contribution is 2.37. The summed E-state index contributed by atoms with van der Waals surface area (Å²) in [7, 11) is -8.53. The van der Waals surface area contributed by atoms with Crippen LogP contribution in [-0.2, 0) is 31.0 Å². The number of halogens is 4. The zero-order valence-electron chi connectivity index (χ0n) is 22.7. The normalized spacial score (nSPS) is 12.0. The Morgan fingerprint density at radius 3 is 2.02 bits per heavy atom. The maximum absolute atomic E-state index is 13.5. The summed E-state index contributed by atoms with van der Waals surface area (Å²) in [6.45, 7) is 2.80. The molecule has 0 bridgehead atoms. The second-order valence-corrected chi connectivity index (χ2v) is 13.4. The van der Waals surface area contributed by atoms with Crippen LogP contribution in [0.15, 0.2) is 101 Å². The van der Waals surface area contributed by atoms with Gasteiger partial charge in [0.15, 0.2) is 0 Å². The number of anilines is 3. The SMILES string of the molecule is Cc1ccc(NS(=O)(=O)c2ccc(NC(=O)CN(c3cc(C(F)(F)F)ccc3Cl)S(=O)(=O)c3ccccc3)cc2)cc1C. The van der Waals surface area contributed by atoms with Crippen molar-refractivity contribution in [2.75, 3.05) is 20.9 Å². The minimum atomic E-state index is -4.81. The van der Waals surface area contributed by atoms with Crippen LogP contribution in [0.5, 0.6) is 0 Å². The third-order valence-corrected chi connectivity index (χ3v) is 9.86. The summed E-state index contributed by atoms with van der Waals surface area (Å²) in [5.74, 6) is -0.920. The van der Waals surface area contributed by atoms with E-state index in [1.165, 1.54) is 48.5 Å². The van der Waals surface area contributed by atoms with Crippen LogP contribution in [0.4, 0.5) is 30.2 Å². The first-order chi connectivity index (χ1) is 20.1. The second-order valence-electron chi connectivity index (χ2n) is 9.47. The van der Waals surface area contributed by atoms with Crippen LogP contribution in [0.25, 0.3) is 0 Å². The summed E-state index contributed by atoms with van der Waals surface area (Å²) in [4.78, 5) is 12.7. The number of amides is 1. The molecule has 43 heavy (non-hydrogen) atoms. The zero-order chi connectivity index (χ0) is 31.6. The minimum absolute atomic E-state index is 0.104. The predicted molar refractivity (Wildman–Crippen MR) is 159 cm³/mol. The van der Waals surface area contributed by atoms with Gasteiger partial charge in [-0.2, -0.15) is 13.2 Å². The summed E-state index contributed by atoms with van der Waals surface area (Å²) < 4.78 is 96.1. The molecule has 0 saturated heterocycles. The molecule has 0 fully saturated rings. The van der Waals surface area contributed by atoms with E-state index in [0.29, 0.717) is 22.1 Å². The van der Waals surface area contributed by atoms with E-state index >= 15 is 0 Å². The van der Waals surface area contributed by atoms with Gasteiger partial charge >= 0.3 is 6.18 Å². The lowest BCUT2D eigenvalue weighted by atomic mass is 10.1. The summed E-state index contributed by atoms with van der Waals surface area (Å²) in [5, 5.41) is 2.12. The van der Waals surface area contributed by atoms with E-state index in [1.807, 2.05) is 13.8 Å². The number of sulfonamides is 2. The molecule has 0 unspecified atom stereocenters. The number of hydrogen-bond acceptors (Lipinski definition) is 5. The van der Waals surface area contributed by atoms with Crippen molar-refractivity contribution < 1.29 is 34.8 Å². The molecule has 8 nitrogen and oxygen atoms in total. The van der Waals surface area contributed by atoms with Crippen molar-refractivity contribution in [3.05, 3.63) is 113 Å². The molecule has 226 valence electrons. The van der Waals surface area contributed by atoms with Crippen LogP contribution in [0.2, 0.25) is 5.02 Å². The van der Waals surface area contributed by atoms with Gasteiger partial charge in [0.2, 0.25) is 5.91 Å². The topological polar surface area (TPSA) is 113 Å². The van der Waals surface area contributed by atoms with Gasteiger partial charge in [0.05, 0.1) is 26.1 Å². The van der Waals surface area contributed by atoms with Crippen LogP contribution in [0.3, 0.4) is 0 Å². The average Bonchev–Trinajstić information content (AvgIpc) is 2.94. The number of hydrogen-bond donors (Lipinski definition) is 2. The molecule has 0 atom stereocenters. The number of nitrogens with one attached hydrogen (secondary N) is 2. The van der Waals surface area contributed by atoms with E-state index in [-0.39, 0.29) is 20.5 Å². The van der Waals surface area contributed by atoms with Crippen molar-refractivity contribution in [1.29, 1.82) is 0 Å². The molecular formula is C29H25ClF3N3O5S2. The Labute approximate surface area is 252 Å². The van der Waals surface area contributed by atoms with Gasteiger partial charge in [-0.25, -0.2) is 16.8 Å². The number of carbonyl (C=O) groups is 1. The van der Waals surface area contributed by atoms with Crippen LogP contribution >= 0.6 is 11.6 Å². The molecule has 1 amide bonds. The molecule has 0 heterocycles. The Hall–Kier alpha value is -4.07. The molecule has 0 aliphatic carbocycles. The van der Waals surface area contributed by atoms with Crippen LogP contribution < -0.4 is 14.3 Å². The number of benzene rings is 4. The van der Waals surface area contributed by atoms with E-state index in [1.54, 1.807) is 24.3 Å². The monoisotopic (exact) mass is 651 g/mol. The van der Waals surface area contributed by atoms with E-state index < -0.39 is 49.9 Å². The van der Waals surface area contributed by atoms with Gasteiger partial charge in [0, 0.05) is 11.4 Å². The summed E-state index contributed by atoms with van der Waals surface area (Å²) in [6.07, 6.45) is -4.81. The van der Waals surface area contributed by atoms with Gasteiger partial charge in [-0.15, -0.1) is 0 Å². The van der Waals surface area contributed by atoms with Crippen molar-refractivity contribution in [3.8, 4) is 0 Å². The molecule has 0 aliphatic heterocycles. The Morgan fingerprint density at radius 2 is 1.42 bits per heavy atom. The summed E-state index contributed by atoms with van der Waals surface area (Å²) >= 11 is 6.14. The van der Waals surface area contributed by atoms with Gasteiger partial charge in [-0.3, -0.25) is 13.8 Å². The Morgan fingerprint density at radius 1 is 0.791 bits per heavy atom. The lowest BCUT2D eigenvalue weighted by Crippen LogP contribution is -2.38. The molecule has 0 spiro atoms. The molecule has 4 aromatic rings.